The molecule has 0 radical (unpaired) electrons. The molecule has 32 heavy (non-hydrogen) atoms. The number of carbonyl (C=O) groups excluding carboxylic acids is 2. The highest BCUT2D eigenvalue weighted by molar-refractivity contribution is 7.18. The summed E-state index contributed by atoms with van der Waals surface area (Å²) < 4.78 is 18.8. The second kappa shape index (κ2) is 9.93. The molecule has 166 valence electrons. The summed E-state index contributed by atoms with van der Waals surface area (Å²) in [7, 11) is 1.59. The Morgan fingerprint density at radius 1 is 1.09 bits per heavy atom. The van der Waals surface area contributed by atoms with Gasteiger partial charge in [0, 0.05) is 31.4 Å². The lowest BCUT2D eigenvalue weighted by molar-refractivity contribution is -0.116. The Bertz CT molecular complexity index is 1100. The summed E-state index contributed by atoms with van der Waals surface area (Å²) in [6.45, 7) is 2.69. The Balaban J connectivity index is 1.52. The predicted molar refractivity (Wildman–Crippen MR) is 125 cm³/mol. The van der Waals surface area contributed by atoms with E-state index in [1.807, 2.05) is 36.4 Å². The third kappa shape index (κ3) is 5.15. The van der Waals surface area contributed by atoms with Gasteiger partial charge in [-0.05, 0) is 29.8 Å². The predicted octanol–water partition coefficient (Wildman–Crippen LogP) is 4.10. The normalized spacial score (nSPS) is 13.6. The van der Waals surface area contributed by atoms with Crippen LogP contribution in [0.1, 0.15) is 9.67 Å². The highest BCUT2D eigenvalue weighted by atomic mass is 32.1. The fourth-order valence-corrected chi connectivity index (χ4v) is 4.78. The largest absolute Gasteiger partial charge is 0.378 e. The lowest BCUT2D eigenvalue weighted by Crippen LogP contribution is -2.36. The number of ether oxygens (including phenoxy) is 1. The Morgan fingerprint density at radius 2 is 1.84 bits per heavy atom. The molecular formula is C24H24FN3O3S. The number of nitrogens with one attached hydrogen (secondary N) is 1. The zero-order valence-electron chi connectivity index (χ0n) is 17.7. The molecule has 4 rings (SSSR count). The van der Waals surface area contributed by atoms with Gasteiger partial charge in [0.1, 0.15) is 5.82 Å². The third-order valence-electron chi connectivity index (χ3n) is 5.14. The second-order valence-corrected chi connectivity index (χ2v) is 8.55. The van der Waals surface area contributed by atoms with Crippen LogP contribution in [0.25, 0.3) is 11.1 Å². The van der Waals surface area contributed by atoms with Crippen LogP contribution in [0.2, 0.25) is 0 Å². The smallest absolute Gasteiger partial charge is 0.264 e. The van der Waals surface area contributed by atoms with Crippen molar-refractivity contribution in [2.24, 2.45) is 0 Å². The van der Waals surface area contributed by atoms with Gasteiger partial charge < -0.3 is 19.9 Å². The highest BCUT2D eigenvalue weighted by Gasteiger charge is 2.24. The van der Waals surface area contributed by atoms with Crippen LogP contribution in [0.3, 0.4) is 0 Å². The number of likely N-dealkylation sites (N-methyl/N-ethyl adjacent to an activating group) is 1. The van der Waals surface area contributed by atoms with E-state index in [1.54, 1.807) is 13.1 Å². The third-order valence-corrected chi connectivity index (χ3v) is 6.33. The van der Waals surface area contributed by atoms with Crippen molar-refractivity contribution in [3.05, 3.63) is 71.4 Å². The molecular weight excluding hydrogens is 429 g/mol. The van der Waals surface area contributed by atoms with Crippen molar-refractivity contribution in [2.75, 3.05) is 50.1 Å². The summed E-state index contributed by atoms with van der Waals surface area (Å²) in [6, 6.07) is 17.5. The number of rotatable bonds is 6. The standard InChI is InChI=1S/C24H24FN3O3S/c1-27(16-22(29)26-19-9-5-8-18(25)14-19)23(30)21-15-20(17-6-3-2-4-7-17)24(32-21)28-10-12-31-13-11-28/h2-9,14-15H,10-13,16H2,1H3,(H,26,29). The van der Waals surface area contributed by atoms with Crippen molar-refractivity contribution in [1.29, 1.82) is 0 Å². The molecule has 0 aliphatic carbocycles. The molecule has 0 unspecified atom stereocenters. The van der Waals surface area contributed by atoms with E-state index in [9.17, 15) is 14.0 Å². The van der Waals surface area contributed by atoms with Crippen LogP contribution in [0.4, 0.5) is 15.1 Å². The van der Waals surface area contributed by atoms with Gasteiger partial charge in [-0.3, -0.25) is 9.59 Å². The topological polar surface area (TPSA) is 61.9 Å². The van der Waals surface area contributed by atoms with Crippen LogP contribution in [-0.4, -0.2) is 56.6 Å². The summed E-state index contributed by atoms with van der Waals surface area (Å²) >= 11 is 1.43. The minimum atomic E-state index is -0.435. The first-order chi connectivity index (χ1) is 15.5. The number of thiophene rings is 1. The minimum Gasteiger partial charge on any atom is -0.378 e. The van der Waals surface area contributed by atoms with Crippen LogP contribution in [0.5, 0.6) is 0 Å². The molecule has 1 fully saturated rings. The van der Waals surface area contributed by atoms with Gasteiger partial charge in [0.2, 0.25) is 5.91 Å². The Labute approximate surface area is 190 Å². The second-order valence-electron chi connectivity index (χ2n) is 7.51. The molecule has 2 heterocycles. The van der Waals surface area contributed by atoms with E-state index >= 15 is 0 Å². The molecule has 1 aliphatic heterocycles. The van der Waals surface area contributed by atoms with Gasteiger partial charge in [0.05, 0.1) is 29.6 Å². The van der Waals surface area contributed by atoms with E-state index in [4.69, 9.17) is 4.74 Å². The van der Waals surface area contributed by atoms with Gasteiger partial charge in [-0.25, -0.2) is 4.39 Å². The Kier molecular flexibility index (Phi) is 6.82. The van der Waals surface area contributed by atoms with E-state index in [0.717, 1.165) is 29.2 Å². The SMILES string of the molecule is CN(CC(=O)Nc1cccc(F)c1)C(=O)c1cc(-c2ccccc2)c(N2CCOCC2)s1. The number of anilines is 2. The average molecular weight is 454 g/mol. The number of hydrogen-bond donors (Lipinski definition) is 1. The van der Waals surface area contributed by atoms with Gasteiger partial charge in [0.25, 0.3) is 5.91 Å². The fraction of sp³-hybridized carbons (Fsp3) is 0.250. The summed E-state index contributed by atoms with van der Waals surface area (Å²) in [5, 5.41) is 3.65. The molecule has 2 amide bonds. The summed E-state index contributed by atoms with van der Waals surface area (Å²) in [4.78, 5) is 29.7. The molecule has 0 spiro atoms. The van der Waals surface area contributed by atoms with E-state index in [0.29, 0.717) is 23.8 Å². The van der Waals surface area contributed by atoms with Crippen molar-refractivity contribution in [1.82, 2.24) is 4.90 Å². The maximum atomic E-state index is 13.3. The van der Waals surface area contributed by atoms with Crippen LogP contribution < -0.4 is 10.2 Å². The lowest BCUT2D eigenvalue weighted by Gasteiger charge is -2.28. The Hall–Kier alpha value is -3.23. The number of amides is 2. The van der Waals surface area contributed by atoms with Crippen LogP contribution in [-0.2, 0) is 9.53 Å². The molecule has 6 nitrogen and oxygen atoms in total. The van der Waals surface area contributed by atoms with Crippen LogP contribution in [0, 0.1) is 5.82 Å². The van der Waals surface area contributed by atoms with Crippen molar-refractivity contribution in [2.45, 2.75) is 0 Å². The average Bonchev–Trinajstić information content (AvgIpc) is 3.25. The number of nitrogens with zero attached hydrogens (tertiary/aromatic N) is 2. The molecule has 0 saturated carbocycles. The first-order valence-corrected chi connectivity index (χ1v) is 11.2. The van der Waals surface area contributed by atoms with Gasteiger partial charge in [0.15, 0.2) is 0 Å². The van der Waals surface area contributed by atoms with Crippen LogP contribution in [0.15, 0.2) is 60.7 Å². The van der Waals surface area contributed by atoms with Gasteiger partial charge in [-0.2, -0.15) is 0 Å². The van der Waals surface area contributed by atoms with Gasteiger partial charge >= 0.3 is 0 Å². The minimum absolute atomic E-state index is 0.138. The van der Waals surface area contributed by atoms with Crippen molar-refractivity contribution < 1.29 is 18.7 Å². The van der Waals surface area contributed by atoms with Crippen molar-refractivity contribution in [3.63, 3.8) is 0 Å². The first-order valence-electron chi connectivity index (χ1n) is 10.3. The summed E-state index contributed by atoms with van der Waals surface area (Å²) in [6.07, 6.45) is 0. The highest BCUT2D eigenvalue weighted by Crippen LogP contribution is 2.39. The molecule has 2 aromatic carbocycles. The lowest BCUT2D eigenvalue weighted by atomic mass is 10.1. The number of hydrogen-bond acceptors (Lipinski definition) is 5. The monoisotopic (exact) mass is 453 g/mol. The molecule has 0 atom stereocenters. The molecule has 1 aromatic heterocycles. The van der Waals surface area contributed by atoms with E-state index in [-0.39, 0.29) is 18.4 Å². The first kappa shape index (κ1) is 22.0. The molecule has 3 aromatic rings. The summed E-state index contributed by atoms with van der Waals surface area (Å²) in [5.41, 5.74) is 2.39. The number of benzene rings is 2. The molecule has 1 aliphatic rings. The van der Waals surface area contributed by atoms with Crippen molar-refractivity contribution in [3.8, 4) is 11.1 Å². The zero-order valence-corrected chi connectivity index (χ0v) is 18.5. The number of morpholine rings is 1. The van der Waals surface area contributed by atoms with E-state index in [1.165, 1.54) is 34.4 Å². The number of carbonyl (C=O) groups is 2. The molecule has 8 heteroatoms. The Morgan fingerprint density at radius 3 is 2.56 bits per heavy atom. The van der Waals surface area contributed by atoms with E-state index < -0.39 is 5.82 Å². The molecule has 1 saturated heterocycles. The number of halogens is 1. The maximum Gasteiger partial charge on any atom is 0.264 e. The molecule has 0 bridgehead atoms. The quantitative estimate of drug-likeness (QED) is 0.611. The van der Waals surface area contributed by atoms with Crippen LogP contribution >= 0.6 is 11.3 Å². The van der Waals surface area contributed by atoms with Gasteiger partial charge in [-0.15, -0.1) is 11.3 Å². The zero-order chi connectivity index (χ0) is 22.5. The van der Waals surface area contributed by atoms with Crippen molar-refractivity contribution >= 4 is 33.8 Å². The summed E-state index contributed by atoms with van der Waals surface area (Å²) in [5.74, 6) is -1.06. The molecule has 1 N–H and O–H groups in total. The van der Waals surface area contributed by atoms with Gasteiger partial charge in [-0.1, -0.05) is 36.4 Å². The fourth-order valence-electron chi connectivity index (χ4n) is 3.55. The maximum absolute atomic E-state index is 13.3. The van der Waals surface area contributed by atoms with E-state index in [2.05, 4.69) is 10.2 Å².